The Morgan fingerprint density at radius 3 is 2.82 bits per heavy atom. The zero-order valence-electron chi connectivity index (χ0n) is 9.67. The number of nitrogens with one attached hydrogen (secondary N) is 1. The van der Waals surface area contributed by atoms with Gasteiger partial charge in [-0.3, -0.25) is 4.79 Å². The van der Waals surface area contributed by atoms with Crippen LogP contribution in [0.2, 0.25) is 0 Å². The van der Waals surface area contributed by atoms with E-state index in [-0.39, 0.29) is 17.5 Å². The summed E-state index contributed by atoms with van der Waals surface area (Å²) >= 11 is 3.23. The topological polar surface area (TPSA) is 29.1 Å². The summed E-state index contributed by atoms with van der Waals surface area (Å²) < 4.78 is 13.9. The van der Waals surface area contributed by atoms with E-state index in [4.69, 9.17) is 0 Å². The first kappa shape index (κ1) is 12.7. The van der Waals surface area contributed by atoms with E-state index in [2.05, 4.69) is 28.2 Å². The lowest BCUT2D eigenvalue weighted by Gasteiger charge is -2.12. The number of carbonyl (C=O) groups is 1. The SMILES string of the molecule is CC1CNCC1C(=O)Cc1cc(F)cc(Br)c1. The van der Waals surface area contributed by atoms with Crippen molar-refractivity contribution in [2.75, 3.05) is 13.1 Å². The molecule has 2 rings (SSSR count). The van der Waals surface area contributed by atoms with Crippen LogP contribution < -0.4 is 5.32 Å². The van der Waals surface area contributed by atoms with Gasteiger partial charge in [-0.25, -0.2) is 4.39 Å². The number of benzene rings is 1. The van der Waals surface area contributed by atoms with Crippen molar-refractivity contribution < 1.29 is 9.18 Å². The molecule has 2 atom stereocenters. The third-order valence-corrected chi connectivity index (χ3v) is 3.69. The smallest absolute Gasteiger partial charge is 0.141 e. The molecule has 92 valence electrons. The maximum absolute atomic E-state index is 13.2. The molecule has 2 nitrogen and oxygen atoms in total. The zero-order chi connectivity index (χ0) is 12.4. The van der Waals surface area contributed by atoms with Crippen molar-refractivity contribution >= 4 is 21.7 Å². The van der Waals surface area contributed by atoms with Gasteiger partial charge in [-0.15, -0.1) is 0 Å². The molecule has 1 saturated heterocycles. The average Bonchev–Trinajstić information content (AvgIpc) is 2.62. The zero-order valence-corrected chi connectivity index (χ0v) is 11.3. The van der Waals surface area contributed by atoms with E-state index in [1.807, 2.05) is 0 Å². The van der Waals surface area contributed by atoms with Gasteiger partial charge in [0.1, 0.15) is 11.6 Å². The van der Waals surface area contributed by atoms with Crippen molar-refractivity contribution in [1.29, 1.82) is 0 Å². The lowest BCUT2D eigenvalue weighted by molar-refractivity contribution is -0.122. The predicted molar refractivity (Wildman–Crippen MR) is 68.3 cm³/mol. The number of rotatable bonds is 3. The molecule has 0 amide bonds. The van der Waals surface area contributed by atoms with Crippen molar-refractivity contribution in [3.05, 3.63) is 34.1 Å². The molecule has 1 aromatic rings. The Bertz CT molecular complexity index is 415. The Kier molecular flexibility index (Phi) is 3.94. The summed E-state index contributed by atoms with van der Waals surface area (Å²) in [5, 5.41) is 3.21. The Balaban J connectivity index is 2.07. The Hall–Kier alpha value is -0.740. The van der Waals surface area contributed by atoms with Crippen molar-refractivity contribution in [1.82, 2.24) is 5.32 Å². The minimum Gasteiger partial charge on any atom is -0.316 e. The molecule has 0 bridgehead atoms. The van der Waals surface area contributed by atoms with E-state index in [9.17, 15) is 9.18 Å². The minimum atomic E-state index is -0.306. The van der Waals surface area contributed by atoms with Crippen molar-refractivity contribution in [2.45, 2.75) is 13.3 Å². The second kappa shape index (κ2) is 5.27. The fourth-order valence-electron chi connectivity index (χ4n) is 2.29. The summed E-state index contributed by atoms with van der Waals surface area (Å²) in [6, 6.07) is 4.62. The van der Waals surface area contributed by atoms with Gasteiger partial charge < -0.3 is 5.32 Å². The lowest BCUT2D eigenvalue weighted by Crippen LogP contribution is -2.23. The number of carbonyl (C=O) groups excluding carboxylic acids is 1. The second-order valence-electron chi connectivity index (χ2n) is 4.66. The molecule has 17 heavy (non-hydrogen) atoms. The summed E-state index contributed by atoms with van der Waals surface area (Å²) in [5.74, 6) is 0.330. The third kappa shape index (κ3) is 3.13. The van der Waals surface area contributed by atoms with Gasteiger partial charge in [0.15, 0.2) is 0 Å². The molecule has 2 unspecified atom stereocenters. The predicted octanol–water partition coefficient (Wildman–Crippen LogP) is 2.56. The molecule has 1 aliphatic rings. The Morgan fingerprint density at radius 1 is 1.47 bits per heavy atom. The van der Waals surface area contributed by atoms with Gasteiger partial charge in [0.2, 0.25) is 0 Å². The summed E-state index contributed by atoms with van der Waals surface area (Å²) in [4.78, 5) is 12.1. The van der Waals surface area contributed by atoms with Crippen molar-refractivity contribution in [3.8, 4) is 0 Å². The van der Waals surface area contributed by atoms with Crippen LogP contribution in [0, 0.1) is 17.7 Å². The van der Waals surface area contributed by atoms with E-state index < -0.39 is 0 Å². The molecular formula is C13H15BrFNO. The molecule has 1 aliphatic heterocycles. The van der Waals surface area contributed by atoms with Gasteiger partial charge in [0.05, 0.1) is 0 Å². The van der Waals surface area contributed by atoms with E-state index >= 15 is 0 Å². The number of Topliss-reactive ketones (excluding diaryl/α,β-unsaturated/α-hetero) is 1. The van der Waals surface area contributed by atoms with Crippen LogP contribution >= 0.6 is 15.9 Å². The van der Waals surface area contributed by atoms with Crippen molar-refractivity contribution in [3.63, 3.8) is 0 Å². The second-order valence-corrected chi connectivity index (χ2v) is 5.58. The Labute approximate surface area is 109 Å². The number of hydrogen-bond donors (Lipinski definition) is 1. The van der Waals surface area contributed by atoms with Crippen LogP contribution in [0.1, 0.15) is 12.5 Å². The highest BCUT2D eigenvalue weighted by atomic mass is 79.9. The average molecular weight is 300 g/mol. The normalized spacial score (nSPS) is 23.9. The first-order chi connectivity index (χ1) is 8.06. The van der Waals surface area contributed by atoms with Crippen LogP contribution in [-0.2, 0) is 11.2 Å². The molecule has 1 N–H and O–H groups in total. The standard InChI is InChI=1S/C13H15BrFNO/c1-8-6-16-7-12(8)13(17)4-9-2-10(14)5-11(15)3-9/h2-3,5,8,12,16H,4,6-7H2,1H3. The first-order valence-electron chi connectivity index (χ1n) is 5.74. The van der Waals surface area contributed by atoms with Crippen LogP contribution in [0.4, 0.5) is 4.39 Å². The summed E-state index contributed by atoms with van der Waals surface area (Å²) in [6.45, 7) is 3.71. The van der Waals surface area contributed by atoms with Crippen LogP contribution in [0.15, 0.2) is 22.7 Å². The lowest BCUT2D eigenvalue weighted by atomic mass is 9.90. The summed E-state index contributed by atoms with van der Waals surface area (Å²) in [7, 11) is 0. The van der Waals surface area contributed by atoms with E-state index in [1.165, 1.54) is 12.1 Å². The molecule has 1 heterocycles. The van der Waals surface area contributed by atoms with Gasteiger partial charge >= 0.3 is 0 Å². The highest BCUT2D eigenvalue weighted by Crippen LogP contribution is 2.21. The number of halogens is 2. The Morgan fingerprint density at radius 2 is 2.24 bits per heavy atom. The maximum atomic E-state index is 13.2. The molecule has 0 saturated carbocycles. The van der Waals surface area contributed by atoms with E-state index in [0.29, 0.717) is 16.8 Å². The van der Waals surface area contributed by atoms with Crippen LogP contribution in [0.3, 0.4) is 0 Å². The van der Waals surface area contributed by atoms with E-state index in [1.54, 1.807) is 6.07 Å². The molecule has 0 spiro atoms. The molecular weight excluding hydrogens is 285 g/mol. The van der Waals surface area contributed by atoms with Gasteiger partial charge in [-0.05, 0) is 36.2 Å². The number of hydrogen-bond acceptors (Lipinski definition) is 2. The fraction of sp³-hybridized carbons (Fsp3) is 0.462. The highest BCUT2D eigenvalue weighted by Gasteiger charge is 2.29. The van der Waals surface area contributed by atoms with Gasteiger partial charge in [0.25, 0.3) is 0 Å². The molecule has 0 aromatic heterocycles. The van der Waals surface area contributed by atoms with Crippen molar-refractivity contribution in [2.24, 2.45) is 11.8 Å². The molecule has 0 radical (unpaired) electrons. The highest BCUT2D eigenvalue weighted by molar-refractivity contribution is 9.10. The summed E-state index contributed by atoms with van der Waals surface area (Å²) in [6.07, 6.45) is 0.313. The van der Waals surface area contributed by atoms with Crippen LogP contribution in [0.25, 0.3) is 0 Å². The van der Waals surface area contributed by atoms with Gasteiger partial charge in [-0.1, -0.05) is 22.9 Å². The third-order valence-electron chi connectivity index (χ3n) is 3.23. The quantitative estimate of drug-likeness (QED) is 0.929. The molecule has 4 heteroatoms. The van der Waals surface area contributed by atoms with E-state index in [0.717, 1.165) is 18.7 Å². The van der Waals surface area contributed by atoms with Crippen LogP contribution in [0.5, 0.6) is 0 Å². The molecule has 0 aliphatic carbocycles. The largest absolute Gasteiger partial charge is 0.316 e. The molecule has 1 fully saturated rings. The first-order valence-corrected chi connectivity index (χ1v) is 6.54. The minimum absolute atomic E-state index is 0.0667. The maximum Gasteiger partial charge on any atom is 0.141 e. The number of ketones is 1. The van der Waals surface area contributed by atoms with Crippen LogP contribution in [-0.4, -0.2) is 18.9 Å². The monoisotopic (exact) mass is 299 g/mol. The summed E-state index contributed by atoms with van der Waals surface area (Å²) in [5.41, 5.74) is 0.737. The fourth-order valence-corrected chi connectivity index (χ4v) is 2.80. The van der Waals surface area contributed by atoms with Gasteiger partial charge in [0, 0.05) is 23.4 Å². The molecule has 1 aromatic carbocycles. The van der Waals surface area contributed by atoms with Gasteiger partial charge in [-0.2, -0.15) is 0 Å².